The van der Waals surface area contributed by atoms with E-state index >= 15 is 0 Å². The predicted octanol–water partition coefficient (Wildman–Crippen LogP) is 2.01. The van der Waals surface area contributed by atoms with Crippen LogP contribution in [0.4, 0.5) is 0 Å². The molecule has 3 amide bonds. The molecule has 0 radical (unpaired) electrons. The van der Waals surface area contributed by atoms with Gasteiger partial charge in [0, 0.05) is 12.5 Å². The van der Waals surface area contributed by atoms with Crippen molar-refractivity contribution in [1.82, 2.24) is 9.80 Å². The highest BCUT2D eigenvalue weighted by Crippen LogP contribution is 2.26. The lowest BCUT2D eigenvalue weighted by atomic mass is 9.88. The molecule has 128 valence electrons. The van der Waals surface area contributed by atoms with Gasteiger partial charge in [0.1, 0.15) is 13.1 Å². The van der Waals surface area contributed by atoms with Gasteiger partial charge in [-0.3, -0.25) is 19.3 Å². The van der Waals surface area contributed by atoms with Gasteiger partial charge >= 0.3 is 0 Å². The van der Waals surface area contributed by atoms with Gasteiger partial charge in [-0.15, -0.1) is 0 Å². The SMILES string of the molecule is O=C(C1CCCCC1)N1CC(=O)N(CCc2ccccc2)C(=O)C1. The molecule has 5 heteroatoms. The van der Waals surface area contributed by atoms with Crippen molar-refractivity contribution in [1.29, 1.82) is 0 Å². The Labute approximate surface area is 142 Å². The first-order valence-electron chi connectivity index (χ1n) is 8.81. The molecule has 0 bridgehead atoms. The molecule has 0 atom stereocenters. The summed E-state index contributed by atoms with van der Waals surface area (Å²) >= 11 is 0. The smallest absolute Gasteiger partial charge is 0.248 e. The van der Waals surface area contributed by atoms with Crippen molar-refractivity contribution < 1.29 is 14.4 Å². The van der Waals surface area contributed by atoms with Crippen LogP contribution in [0.3, 0.4) is 0 Å². The summed E-state index contributed by atoms with van der Waals surface area (Å²) in [7, 11) is 0. The van der Waals surface area contributed by atoms with Crippen molar-refractivity contribution in [3.8, 4) is 0 Å². The van der Waals surface area contributed by atoms with Crippen molar-refractivity contribution in [3.05, 3.63) is 35.9 Å². The molecular formula is C19H24N2O3. The molecular weight excluding hydrogens is 304 g/mol. The average Bonchev–Trinajstić information content (AvgIpc) is 2.62. The van der Waals surface area contributed by atoms with Crippen molar-refractivity contribution in [2.24, 2.45) is 5.92 Å². The van der Waals surface area contributed by atoms with Crippen LogP contribution in [0.25, 0.3) is 0 Å². The van der Waals surface area contributed by atoms with Crippen LogP contribution in [0.2, 0.25) is 0 Å². The molecule has 0 spiro atoms. The van der Waals surface area contributed by atoms with Crippen LogP contribution in [0, 0.1) is 5.92 Å². The number of hydrogen-bond acceptors (Lipinski definition) is 3. The van der Waals surface area contributed by atoms with E-state index in [-0.39, 0.29) is 36.7 Å². The summed E-state index contributed by atoms with van der Waals surface area (Å²) in [6.45, 7) is 0.457. The molecule has 1 aliphatic carbocycles. The number of rotatable bonds is 4. The Kier molecular flexibility index (Phi) is 5.28. The fourth-order valence-electron chi connectivity index (χ4n) is 3.59. The fraction of sp³-hybridized carbons (Fsp3) is 0.526. The van der Waals surface area contributed by atoms with Crippen LogP contribution in [0.1, 0.15) is 37.7 Å². The normalized spacial score (nSPS) is 19.7. The molecule has 1 aromatic carbocycles. The molecule has 0 aromatic heterocycles. The fourth-order valence-corrected chi connectivity index (χ4v) is 3.59. The van der Waals surface area contributed by atoms with Gasteiger partial charge in [0.25, 0.3) is 0 Å². The molecule has 5 nitrogen and oxygen atoms in total. The molecule has 1 aliphatic heterocycles. The topological polar surface area (TPSA) is 57.7 Å². The first-order chi connectivity index (χ1) is 11.6. The molecule has 1 saturated heterocycles. The second-order valence-corrected chi connectivity index (χ2v) is 6.70. The molecule has 0 unspecified atom stereocenters. The van der Waals surface area contributed by atoms with E-state index in [1.165, 1.54) is 16.2 Å². The number of piperazine rings is 1. The van der Waals surface area contributed by atoms with E-state index in [1.807, 2.05) is 30.3 Å². The highest BCUT2D eigenvalue weighted by molar-refractivity contribution is 6.02. The zero-order valence-electron chi connectivity index (χ0n) is 13.9. The average molecular weight is 328 g/mol. The third-order valence-electron chi connectivity index (χ3n) is 4.99. The van der Waals surface area contributed by atoms with Crippen LogP contribution in [-0.2, 0) is 20.8 Å². The van der Waals surface area contributed by atoms with Crippen molar-refractivity contribution >= 4 is 17.7 Å². The summed E-state index contributed by atoms with van der Waals surface area (Å²) < 4.78 is 0. The van der Waals surface area contributed by atoms with Crippen LogP contribution in [-0.4, -0.2) is 47.2 Å². The number of nitrogens with zero attached hydrogens (tertiary/aromatic N) is 2. The van der Waals surface area contributed by atoms with E-state index in [0.29, 0.717) is 13.0 Å². The highest BCUT2D eigenvalue weighted by Gasteiger charge is 2.35. The molecule has 2 aliphatic rings. The number of carbonyl (C=O) groups excluding carboxylic acids is 3. The summed E-state index contributed by atoms with van der Waals surface area (Å²) in [6, 6.07) is 9.80. The lowest BCUT2D eigenvalue weighted by molar-refractivity contribution is -0.158. The molecule has 0 N–H and O–H groups in total. The second-order valence-electron chi connectivity index (χ2n) is 6.70. The third kappa shape index (κ3) is 3.83. The maximum absolute atomic E-state index is 12.5. The van der Waals surface area contributed by atoms with Gasteiger partial charge in [-0.2, -0.15) is 0 Å². The zero-order chi connectivity index (χ0) is 16.9. The van der Waals surface area contributed by atoms with Crippen LogP contribution in [0.15, 0.2) is 30.3 Å². The van der Waals surface area contributed by atoms with E-state index in [9.17, 15) is 14.4 Å². The minimum absolute atomic E-state index is 0.00443. The molecule has 2 fully saturated rings. The minimum atomic E-state index is -0.258. The van der Waals surface area contributed by atoms with Gasteiger partial charge < -0.3 is 4.90 Å². The summed E-state index contributed by atoms with van der Waals surface area (Å²) in [5, 5.41) is 0. The van der Waals surface area contributed by atoms with Crippen molar-refractivity contribution in [3.63, 3.8) is 0 Å². The number of hydrogen-bond donors (Lipinski definition) is 0. The Morgan fingerprint density at radius 1 is 0.958 bits per heavy atom. The van der Waals surface area contributed by atoms with Crippen molar-refractivity contribution in [2.75, 3.05) is 19.6 Å². The van der Waals surface area contributed by atoms with Gasteiger partial charge in [-0.1, -0.05) is 49.6 Å². The van der Waals surface area contributed by atoms with E-state index in [0.717, 1.165) is 31.2 Å². The second kappa shape index (κ2) is 7.60. The Bertz CT molecular complexity index is 590. The third-order valence-corrected chi connectivity index (χ3v) is 4.99. The van der Waals surface area contributed by atoms with Gasteiger partial charge in [0.2, 0.25) is 17.7 Å². The largest absolute Gasteiger partial charge is 0.324 e. The minimum Gasteiger partial charge on any atom is -0.324 e. The summed E-state index contributed by atoms with van der Waals surface area (Å²) in [5.41, 5.74) is 1.10. The number of carbonyl (C=O) groups is 3. The van der Waals surface area contributed by atoms with E-state index in [4.69, 9.17) is 0 Å². The van der Waals surface area contributed by atoms with Crippen LogP contribution >= 0.6 is 0 Å². The van der Waals surface area contributed by atoms with E-state index in [2.05, 4.69) is 0 Å². The zero-order valence-corrected chi connectivity index (χ0v) is 13.9. The van der Waals surface area contributed by atoms with Crippen LogP contribution in [0.5, 0.6) is 0 Å². The molecule has 1 aromatic rings. The van der Waals surface area contributed by atoms with E-state index in [1.54, 1.807) is 0 Å². The monoisotopic (exact) mass is 328 g/mol. The lowest BCUT2D eigenvalue weighted by Crippen LogP contribution is -2.57. The quantitative estimate of drug-likeness (QED) is 0.795. The molecule has 1 heterocycles. The van der Waals surface area contributed by atoms with Gasteiger partial charge in [0.15, 0.2) is 0 Å². The predicted molar refractivity (Wildman–Crippen MR) is 90.0 cm³/mol. The lowest BCUT2D eigenvalue weighted by Gasteiger charge is -2.35. The Hall–Kier alpha value is -2.17. The van der Waals surface area contributed by atoms with Crippen LogP contribution < -0.4 is 0 Å². The number of imide groups is 1. The number of benzene rings is 1. The number of amides is 3. The molecule has 24 heavy (non-hydrogen) atoms. The Morgan fingerprint density at radius 3 is 2.21 bits per heavy atom. The molecule has 1 saturated carbocycles. The Morgan fingerprint density at radius 2 is 1.58 bits per heavy atom. The first-order valence-corrected chi connectivity index (χ1v) is 8.81. The summed E-state index contributed by atoms with van der Waals surface area (Å²) in [5.74, 6) is -0.535. The Balaban J connectivity index is 1.56. The van der Waals surface area contributed by atoms with E-state index < -0.39 is 0 Å². The standard InChI is InChI=1S/C19H24N2O3/c22-17-13-20(19(24)16-9-5-2-6-10-16)14-18(23)21(17)12-11-15-7-3-1-4-8-15/h1,3-4,7-8,16H,2,5-6,9-14H2. The molecule has 3 rings (SSSR count). The van der Waals surface area contributed by atoms with Gasteiger partial charge in [-0.25, -0.2) is 0 Å². The first kappa shape index (κ1) is 16.7. The maximum Gasteiger partial charge on any atom is 0.248 e. The van der Waals surface area contributed by atoms with Crippen molar-refractivity contribution in [2.45, 2.75) is 38.5 Å². The highest BCUT2D eigenvalue weighted by atomic mass is 16.2. The summed E-state index contributed by atoms with van der Waals surface area (Å²) in [4.78, 5) is 40.0. The van der Waals surface area contributed by atoms with Gasteiger partial charge in [0.05, 0.1) is 0 Å². The maximum atomic E-state index is 12.5. The van der Waals surface area contributed by atoms with Gasteiger partial charge in [-0.05, 0) is 24.8 Å². The summed E-state index contributed by atoms with van der Waals surface area (Å²) in [6.07, 6.45) is 5.72.